The Morgan fingerprint density at radius 2 is 1.81 bits per heavy atom. The molecule has 0 amide bonds. The molecule has 0 unspecified atom stereocenters. The molecule has 0 fully saturated rings. The van der Waals surface area contributed by atoms with Gasteiger partial charge in [0, 0.05) is 32.6 Å². The van der Waals surface area contributed by atoms with Gasteiger partial charge in [0.2, 0.25) is 0 Å². The van der Waals surface area contributed by atoms with Crippen LogP contribution in [0.5, 0.6) is 0 Å². The van der Waals surface area contributed by atoms with E-state index in [1.165, 1.54) is 28.0 Å². The number of thiophene rings is 2. The van der Waals surface area contributed by atoms with Gasteiger partial charge in [0.05, 0.1) is 14.9 Å². The van der Waals surface area contributed by atoms with Crippen molar-refractivity contribution in [3.63, 3.8) is 0 Å². The zero-order valence-corrected chi connectivity index (χ0v) is 19.6. The van der Waals surface area contributed by atoms with E-state index in [2.05, 4.69) is 28.9 Å². The lowest BCUT2D eigenvalue weighted by Crippen LogP contribution is -1.86. The van der Waals surface area contributed by atoms with Crippen LogP contribution in [0.3, 0.4) is 0 Å². The van der Waals surface area contributed by atoms with Crippen LogP contribution in [0.25, 0.3) is 0 Å². The van der Waals surface area contributed by atoms with Gasteiger partial charge in [-0.3, -0.25) is 4.79 Å². The van der Waals surface area contributed by atoms with Crippen molar-refractivity contribution in [1.29, 1.82) is 0 Å². The highest BCUT2D eigenvalue weighted by molar-refractivity contribution is 9.10. The molecule has 0 bridgehead atoms. The summed E-state index contributed by atoms with van der Waals surface area (Å²) in [7, 11) is 0. The highest BCUT2D eigenvalue weighted by atomic mass is 79.9. The Labute approximate surface area is 185 Å². The standard InChI is InChI=1S/C13H11BrCl2S.C6H5ClOS/c1-2-13-12(16)7-10(17-13)6-8-5-9(14)3-4-11(8)15;1-4(8)6-5(7)2-3-9-6/h3-5,7H,2,6H2,1H3;2-3H,1H3. The molecule has 7 heteroatoms. The Morgan fingerprint density at radius 3 is 2.31 bits per heavy atom. The van der Waals surface area contributed by atoms with Crippen molar-refractivity contribution in [2.24, 2.45) is 0 Å². The van der Waals surface area contributed by atoms with Crippen LogP contribution < -0.4 is 0 Å². The second-order valence-corrected chi connectivity index (χ2v) is 9.68. The number of rotatable bonds is 4. The molecular formula is C19H16BrCl3OS2. The van der Waals surface area contributed by atoms with Gasteiger partial charge in [0.1, 0.15) is 0 Å². The first-order valence-electron chi connectivity index (χ1n) is 7.76. The number of Topliss-reactive ketones (excluding diaryl/α,β-unsaturated/α-hetero) is 1. The number of carbonyl (C=O) groups is 1. The van der Waals surface area contributed by atoms with Gasteiger partial charge in [-0.1, -0.05) is 57.7 Å². The first-order chi connectivity index (χ1) is 12.3. The van der Waals surface area contributed by atoms with E-state index in [9.17, 15) is 4.79 Å². The van der Waals surface area contributed by atoms with Crippen LogP contribution in [-0.2, 0) is 12.8 Å². The fourth-order valence-corrected chi connectivity index (χ4v) is 5.35. The van der Waals surface area contributed by atoms with E-state index < -0.39 is 0 Å². The fourth-order valence-electron chi connectivity index (χ4n) is 2.20. The zero-order valence-electron chi connectivity index (χ0n) is 14.1. The summed E-state index contributed by atoms with van der Waals surface area (Å²) in [5.41, 5.74) is 1.13. The molecule has 0 spiro atoms. The van der Waals surface area contributed by atoms with Gasteiger partial charge in [-0.15, -0.1) is 22.7 Å². The molecule has 1 nitrogen and oxygen atoms in total. The van der Waals surface area contributed by atoms with E-state index in [-0.39, 0.29) is 5.78 Å². The average Bonchev–Trinajstić information content (AvgIpc) is 3.17. The molecule has 3 aromatic rings. The third kappa shape index (κ3) is 6.08. The molecule has 138 valence electrons. The molecule has 0 aliphatic rings. The predicted molar refractivity (Wildman–Crippen MR) is 120 cm³/mol. The highest BCUT2D eigenvalue weighted by Gasteiger charge is 2.08. The molecule has 0 aliphatic heterocycles. The first-order valence-corrected chi connectivity index (χ1v) is 11.4. The molecule has 0 saturated heterocycles. The number of ketones is 1. The molecule has 2 heterocycles. The molecule has 0 N–H and O–H groups in total. The molecule has 0 radical (unpaired) electrons. The molecular weight excluding hydrogens is 495 g/mol. The quantitative estimate of drug-likeness (QED) is 0.321. The van der Waals surface area contributed by atoms with Gasteiger partial charge in [-0.25, -0.2) is 0 Å². The lowest BCUT2D eigenvalue weighted by molar-refractivity contribution is 0.102. The van der Waals surface area contributed by atoms with E-state index in [0.29, 0.717) is 9.90 Å². The summed E-state index contributed by atoms with van der Waals surface area (Å²) in [5.74, 6) is 0.0370. The summed E-state index contributed by atoms with van der Waals surface area (Å²) in [6, 6.07) is 9.69. The van der Waals surface area contributed by atoms with Crippen molar-refractivity contribution in [3.05, 3.63) is 75.4 Å². The Hall–Kier alpha value is -0.360. The summed E-state index contributed by atoms with van der Waals surface area (Å²) >= 11 is 24.6. The maximum absolute atomic E-state index is 10.7. The van der Waals surface area contributed by atoms with Crippen LogP contribution >= 0.6 is 73.4 Å². The predicted octanol–water partition coefficient (Wildman–Crippen LogP) is 8.57. The Bertz CT molecular complexity index is 902. The van der Waals surface area contributed by atoms with E-state index in [0.717, 1.165) is 32.9 Å². The van der Waals surface area contributed by atoms with Crippen molar-refractivity contribution in [3.8, 4) is 0 Å². The van der Waals surface area contributed by atoms with E-state index in [1.807, 2.05) is 18.2 Å². The topological polar surface area (TPSA) is 17.1 Å². The summed E-state index contributed by atoms with van der Waals surface area (Å²) in [6.07, 6.45) is 1.82. The largest absolute Gasteiger partial charge is 0.294 e. The van der Waals surface area contributed by atoms with Crippen molar-refractivity contribution < 1.29 is 4.79 Å². The average molecular weight is 511 g/mol. The van der Waals surface area contributed by atoms with Gasteiger partial charge in [-0.05, 0) is 47.7 Å². The zero-order chi connectivity index (χ0) is 19.3. The van der Waals surface area contributed by atoms with Crippen molar-refractivity contribution in [2.45, 2.75) is 26.7 Å². The molecule has 0 saturated carbocycles. The Kier molecular flexibility index (Phi) is 8.65. The lowest BCUT2D eigenvalue weighted by atomic mass is 10.1. The van der Waals surface area contributed by atoms with Gasteiger partial charge in [0.25, 0.3) is 0 Å². The highest BCUT2D eigenvalue weighted by Crippen LogP contribution is 2.31. The van der Waals surface area contributed by atoms with Crippen molar-refractivity contribution >= 4 is 79.2 Å². The Balaban J connectivity index is 0.000000228. The second-order valence-electron chi connectivity index (χ2n) is 5.40. The number of halogens is 4. The molecule has 1 aromatic carbocycles. The van der Waals surface area contributed by atoms with Gasteiger partial charge in [0.15, 0.2) is 5.78 Å². The monoisotopic (exact) mass is 508 g/mol. The third-order valence-electron chi connectivity index (χ3n) is 3.44. The van der Waals surface area contributed by atoms with Gasteiger partial charge in [-0.2, -0.15) is 0 Å². The van der Waals surface area contributed by atoms with Crippen LogP contribution in [0, 0.1) is 0 Å². The molecule has 0 atom stereocenters. The second kappa shape index (κ2) is 10.3. The number of carbonyl (C=O) groups excluding carboxylic acids is 1. The number of benzene rings is 1. The minimum absolute atomic E-state index is 0.0370. The molecule has 2 aromatic heterocycles. The van der Waals surface area contributed by atoms with Crippen LogP contribution in [0.15, 0.2) is 40.2 Å². The number of aryl methyl sites for hydroxylation is 1. The number of hydrogen-bond acceptors (Lipinski definition) is 3. The maximum Gasteiger partial charge on any atom is 0.171 e. The van der Waals surface area contributed by atoms with Gasteiger partial charge < -0.3 is 0 Å². The molecule has 26 heavy (non-hydrogen) atoms. The summed E-state index contributed by atoms with van der Waals surface area (Å²) in [5, 5.41) is 4.04. The maximum atomic E-state index is 10.7. The fraction of sp³-hybridized carbons (Fsp3) is 0.211. The van der Waals surface area contributed by atoms with Crippen LogP contribution in [0.4, 0.5) is 0 Å². The minimum Gasteiger partial charge on any atom is -0.294 e. The molecule has 0 aliphatic carbocycles. The van der Waals surface area contributed by atoms with Crippen LogP contribution in [0.2, 0.25) is 15.1 Å². The third-order valence-corrected chi connectivity index (χ3v) is 7.47. The van der Waals surface area contributed by atoms with Gasteiger partial charge >= 0.3 is 0 Å². The summed E-state index contributed by atoms with van der Waals surface area (Å²) in [6.45, 7) is 3.63. The lowest BCUT2D eigenvalue weighted by Gasteiger charge is -2.03. The summed E-state index contributed by atoms with van der Waals surface area (Å²) < 4.78 is 1.05. The smallest absolute Gasteiger partial charge is 0.171 e. The van der Waals surface area contributed by atoms with E-state index in [1.54, 1.807) is 22.8 Å². The van der Waals surface area contributed by atoms with Crippen LogP contribution in [-0.4, -0.2) is 5.78 Å². The first kappa shape index (κ1) is 21.9. The SMILES string of the molecule is CC(=O)c1sccc1Cl.CCc1sc(Cc2cc(Br)ccc2Cl)cc1Cl. The summed E-state index contributed by atoms with van der Waals surface area (Å²) in [4.78, 5) is 13.8. The minimum atomic E-state index is 0.0370. The normalized spacial score (nSPS) is 10.4. The number of hydrogen-bond donors (Lipinski definition) is 0. The Morgan fingerprint density at radius 1 is 1.08 bits per heavy atom. The van der Waals surface area contributed by atoms with Crippen molar-refractivity contribution in [2.75, 3.05) is 0 Å². The van der Waals surface area contributed by atoms with E-state index >= 15 is 0 Å². The van der Waals surface area contributed by atoms with Crippen LogP contribution in [0.1, 0.15) is 38.8 Å². The molecule has 3 rings (SSSR count). The van der Waals surface area contributed by atoms with E-state index in [4.69, 9.17) is 34.8 Å². The van der Waals surface area contributed by atoms with Crippen molar-refractivity contribution in [1.82, 2.24) is 0 Å².